The Morgan fingerprint density at radius 1 is 1.13 bits per heavy atom. The summed E-state index contributed by atoms with van der Waals surface area (Å²) in [6.45, 7) is 1.44. The molecule has 0 radical (unpaired) electrons. The highest BCUT2D eigenvalue weighted by Gasteiger charge is 2.51. The zero-order chi connectivity index (χ0) is 21.0. The molecule has 0 saturated heterocycles. The molecule has 4 aliphatic rings. The summed E-state index contributed by atoms with van der Waals surface area (Å²) in [6.07, 6.45) is 9.04. The molecule has 4 saturated carbocycles. The van der Waals surface area contributed by atoms with E-state index in [0.717, 1.165) is 24.0 Å². The van der Waals surface area contributed by atoms with Gasteiger partial charge in [0.25, 0.3) is 5.69 Å². The molecule has 0 N–H and O–H groups in total. The molecule has 0 unspecified atom stereocenters. The van der Waals surface area contributed by atoms with Crippen molar-refractivity contribution in [2.45, 2.75) is 50.9 Å². The van der Waals surface area contributed by atoms with Gasteiger partial charge in [-0.25, -0.2) is 4.98 Å². The number of nitrogens with zero attached hydrogens (tertiary/aromatic N) is 3. The third-order valence-corrected chi connectivity index (χ3v) is 7.63. The van der Waals surface area contributed by atoms with Crippen LogP contribution in [-0.4, -0.2) is 15.8 Å². The highest BCUT2D eigenvalue weighted by atomic mass is 35.5. The smallest absolute Gasteiger partial charge is 0.274 e. The summed E-state index contributed by atoms with van der Waals surface area (Å²) in [5.41, 5.74) is 1.95. The van der Waals surface area contributed by atoms with Crippen LogP contribution in [0, 0.1) is 27.9 Å². The number of amides is 1. The van der Waals surface area contributed by atoms with Gasteiger partial charge in [0, 0.05) is 13.0 Å². The number of pyridine rings is 1. The van der Waals surface area contributed by atoms with Gasteiger partial charge in [0.1, 0.15) is 12.0 Å². The van der Waals surface area contributed by atoms with E-state index in [0.29, 0.717) is 16.5 Å². The minimum atomic E-state index is -0.512. The van der Waals surface area contributed by atoms with E-state index in [4.69, 9.17) is 11.6 Å². The second-order valence-corrected chi connectivity index (χ2v) is 9.76. The van der Waals surface area contributed by atoms with Crippen LogP contribution >= 0.6 is 11.6 Å². The lowest BCUT2D eigenvalue weighted by molar-refractivity contribution is -0.385. The van der Waals surface area contributed by atoms with Gasteiger partial charge in [-0.2, -0.15) is 0 Å². The first kappa shape index (κ1) is 19.5. The normalized spacial score (nSPS) is 29.1. The van der Waals surface area contributed by atoms with Crippen LogP contribution < -0.4 is 4.90 Å². The standard InChI is InChI=1S/C23H24ClN3O3/c1-14(28)26(22-5-3-19(13-25-22)27(29)30)21-4-2-18(9-20(21)24)23-10-15-6-16(11-23)8-17(7-15)12-23/h2-5,9,13,15-17H,6-8,10-12H2,1H3. The largest absolute Gasteiger partial charge is 0.287 e. The Balaban J connectivity index is 1.49. The Kier molecular flexibility index (Phi) is 4.58. The summed E-state index contributed by atoms with van der Waals surface area (Å²) >= 11 is 6.71. The second-order valence-electron chi connectivity index (χ2n) is 9.35. The fraction of sp³-hybridized carbons (Fsp3) is 0.478. The van der Waals surface area contributed by atoms with Crippen molar-refractivity contribution in [3.8, 4) is 0 Å². The molecule has 2 aromatic rings. The maximum absolute atomic E-state index is 12.4. The Hall–Kier alpha value is -2.47. The zero-order valence-corrected chi connectivity index (χ0v) is 17.6. The molecule has 30 heavy (non-hydrogen) atoms. The molecule has 4 aliphatic carbocycles. The number of carbonyl (C=O) groups excluding carboxylic acids is 1. The van der Waals surface area contributed by atoms with Crippen molar-refractivity contribution in [3.63, 3.8) is 0 Å². The number of hydrogen-bond donors (Lipinski definition) is 0. The predicted molar refractivity (Wildman–Crippen MR) is 115 cm³/mol. The van der Waals surface area contributed by atoms with E-state index in [9.17, 15) is 14.9 Å². The molecule has 1 amide bonds. The van der Waals surface area contributed by atoms with Crippen molar-refractivity contribution in [1.82, 2.24) is 4.98 Å². The second kappa shape index (κ2) is 7.05. The SMILES string of the molecule is CC(=O)N(c1ccc([N+](=O)[O-])cn1)c1ccc(C23CC4CC(CC(C4)C2)C3)cc1Cl. The lowest BCUT2D eigenvalue weighted by atomic mass is 9.48. The molecule has 6 nitrogen and oxygen atoms in total. The molecule has 1 aromatic heterocycles. The van der Waals surface area contributed by atoms with Crippen LogP contribution in [0.4, 0.5) is 17.2 Å². The van der Waals surface area contributed by atoms with Crippen LogP contribution in [-0.2, 0) is 10.2 Å². The Labute approximate surface area is 180 Å². The number of hydrogen-bond acceptors (Lipinski definition) is 4. The van der Waals surface area contributed by atoms with Gasteiger partial charge in [-0.3, -0.25) is 19.8 Å². The fourth-order valence-electron chi connectivity index (χ4n) is 6.56. The number of halogens is 1. The zero-order valence-electron chi connectivity index (χ0n) is 16.9. The van der Waals surface area contributed by atoms with Crippen molar-refractivity contribution in [2.75, 3.05) is 4.90 Å². The average molecular weight is 426 g/mol. The predicted octanol–water partition coefficient (Wildman–Crippen LogP) is 5.80. The van der Waals surface area contributed by atoms with Gasteiger partial charge >= 0.3 is 0 Å². The highest BCUT2D eigenvalue weighted by molar-refractivity contribution is 6.34. The van der Waals surface area contributed by atoms with Gasteiger partial charge in [-0.15, -0.1) is 0 Å². The van der Waals surface area contributed by atoms with Gasteiger partial charge in [0.15, 0.2) is 0 Å². The first-order valence-corrected chi connectivity index (χ1v) is 10.9. The van der Waals surface area contributed by atoms with Gasteiger partial charge in [0.2, 0.25) is 5.91 Å². The molecule has 7 heteroatoms. The van der Waals surface area contributed by atoms with E-state index in [1.54, 1.807) is 0 Å². The molecule has 1 heterocycles. The Bertz CT molecular complexity index is 986. The number of anilines is 2. The average Bonchev–Trinajstić information content (AvgIpc) is 2.68. The lowest BCUT2D eigenvalue weighted by Gasteiger charge is -2.57. The maximum Gasteiger partial charge on any atom is 0.287 e. The van der Waals surface area contributed by atoms with E-state index in [2.05, 4.69) is 11.1 Å². The van der Waals surface area contributed by atoms with Gasteiger partial charge in [0.05, 0.1) is 15.6 Å². The van der Waals surface area contributed by atoms with Crippen LogP contribution in [0.1, 0.15) is 51.0 Å². The summed E-state index contributed by atoms with van der Waals surface area (Å²) in [5, 5.41) is 11.4. The summed E-state index contributed by atoms with van der Waals surface area (Å²) in [5.74, 6) is 2.59. The molecule has 0 atom stereocenters. The van der Waals surface area contributed by atoms with E-state index < -0.39 is 4.92 Å². The van der Waals surface area contributed by atoms with Crippen molar-refractivity contribution >= 4 is 34.7 Å². The fourth-order valence-corrected chi connectivity index (χ4v) is 6.82. The van der Waals surface area contributed by atoms with Crippen LogP contribution in [0.15, 0.2) is 36.5 Å². The first-order chi connectivity index (χ1) is 14.3. The number of rotatable bonds is 4. The molecule has 4 bridgehead atoms. The Morgan fingerprint density at radius 2 is 1.77 bits per heavy atom. The van der Waals surface area contributed by atoms with Crippen LogP contribution in [0.2, 0.25) is 5.02 Å². The Morgan fingerprint density at radius 3 is 2.23 bits per heavy atom. The minimum Gasteiger partial charge on any atom is -0.274 e. The van der Waals surface area contributed by atoms with Gasteiger partial charge in [-0.1, -0.05) is 17.7 Å². The molecule has 1 aromatic carbocycles. The van der Waals surface area contributed by atoms with Crippen molar-refractivity contribution in [3.05, 3.63) is 57.2 Å². The van der Waals surface area contributed by atoms with Gasteiger partial charge < -0.3 is 0 Å². The van der Waals surface area contributed by atoms with E-state index >= 15 is 0 Å². The summed E-state index contributed by atoms with van der Waals surface area (Å²) in [6, 6.07) is 8.88. The molecule has 0 aliphatic heterocycles. The minimum absolute atomic E-state index is 0.120. The van der Waals surface area contributed by atoms with Crippen LogP contribution in [0.5, 0.6) is 0 Å². The highest BCUT2D eigenvalue weighted by Crippen LogP contribution is 2.61. The summed E-state index contributed by atoms with van der Waals surface area (Å²) < 4.78 is 0. The molecule has 4 fully saturated rings. The number of carbonyl (C=O) groups is 1. The van der Waals surface area contributed by atoms with Crippen LogP contribution in [0.25, 0.3) is 0 Å². The molecule has 6 rings (SSSR count). The van der Waals surface area contributed by atoms with Crippen molar-refractivity contribution in [2.24, 2.45) is 17.8 Å². The molecular formula is C23H24ClN3O3. The molecular weight excluding hydrogens is 402 g/mol. The monoisotopic (exact) mass is 425 g/mol. The number of aromatic nitrogens is 1. The van der Waals surface area contributed by atoms with Crippen molar-refractivity contribution < 1.29 is 9.72 Å². The number of benzene rings is 1. The third kappa shape index (κ3) is 3.18. The number of nitro groups is 1. The van der Waals surface area contributed by atoms with E-state index in [-0.39, 0.29) is 17.0 Å². The maximum atomic E-state index is 12.4. The first-order valence-electron chi connectivity index (χ1n) is 10.6. The van der Waals surface area contributed by atoms with E-state index in [1.165, 1.54) is 68.0 Å². The summed E-state index contributed by atoms with van der Waals surface area (Å²) in [7, 11) is 0. The quantitative estimate of drug-likeness (QED) is 0.458. The third-order valence-electron chi connectivity index (χ3n) is 7.33. The lowest BCUT2D eigenvalue weighted by Crippen LogP contribution is -2.48. The molecule has 156 valence electrons. The van der Waals surface area contributed by atoms with Gasteiger partial charge in [-0.05, 0) is 85.5 Å². The van der Waals surface area contributed by atoms with E-state index in [1.807, 2.05) is 12.1 Å². The molecule has 0 spiro atoms. The summed E-state index contributed by atoms with van der Waals surface area (Å²) in [4.78, 5) is 28.3. The van der Waals surface area contributed by atoms with Crippen LogP contribution in [0.3, 0.4) is 0 Å². The van der Waals surface area contributed by atoms with Crippen molar-refractivity contribution in [1.29, 1.82) is 0 Å². The topological polar surface area (TPSA) is 76.3 Å².